The SMILES string of the molecule is Cc1cccnc1OCC1CCN(Cc2c3c(nn2C)CCCC3)CC1. The molecule has 0 unspecified atom stereocenters. The number of aryl methyl sites for hydroxylation is 3. The molecule has 4 rings (SSSR count). The number of hydrogen-bond acceptors (Lipinski definition) is 4. The number of aromatic nitrogens is 3. The van der Waals surface area contributed by atoms with Crippen molar-refractivity contribution in [2.45, 2.75) is 52.0 Å². The Hall–Kier alpha value is -1.88. The molecule has 1 fully saturated rings. The lowest BCUT2D eigenvalue weighted by molar-refractivity contribution is 0.132. The van der Waals surface area contributed by atoms with Crippen molar-refractivity contribution in [3.63, 3.8) is 0 Å². The third-order valence-electron chi connectivity index (χ3n) is 5.95. The average Bonchev–Trinajstić information content (AvgIpc) is 2.98. The first-order chi connectivity index (χ1) is 12.7. The van der Waals surface area contributed by atoms with E-state index in [0.29, 0.717) is 5.92 Å². The summed E-state index contributed by atoms with van der Waals surface area (Å²) in [6.45, 7) is 6.18. The highest BCUT2D eigenvalue weighted by Crippen LogP contribution is 2.26. The summed E-state index contributed by atoms with van der Waals surface area (Å²) in [5.41, 5.74) is 5.45. The van der Waals surface area contributed by atoms with Crippen molar-refractivity contribution in [2.75, 3.05) is 19.7 Å². The standard InChI is InChI=1S/C21H30N4O/c1-16-6-5-11-22-21(16)26-15-17-9-12-25(13-10-17)14-20-18-7-3-4-8-19(18)23-24(20)2/h5-6,11,17H,3-4,7-10,12-15H2,1-2H3. The van der Waals surface area contributed by atoms with Crippen molar-refractivity contribution in [1.29, 1.82) is 0 Å². The first-order valence-corrected chi connectivity index (χ1v) is 10.0. The van der Waals surface area contributed by atoms with E-state index in [2.05, 4.69) is 34.6 Å². The molecule has 0 N–H and O–H groups in total. The van der Waals surface area contributed by atoms with Crippen LogP contribution in [0.3, 0.4) is 0 Å². The highest BCUT2D eigenvalue weighted by atomic mass is 16.5. The normalized spacial score (nSPS) is 18.7. The zero-order chi connectivity index (χ0) is 17.9. The minimum absolute atomic E-state index is 0.633. The molecule has 1 saturated heterocycles. The number of nitrogens with zero attached hydrogens (tertiary/aromatic N) is 4. The molecule has 0 saturated carbocycles. The first kappa shape index (κ1) is 17.5. The Balaban J connectivity index is 1.29. The van der Waals surface area contributed by atoms with E-state index >= 15 is 0 Å². The molecule has 26 heavy (non-hydrogen) atoms. The maximum Gasteiger partial charge on any atom is 0.216 e. The summed E-state index contributed by atoms with van der Waals surface area (Å²) in [6.07, 6.45) is 9.20. The fourth-order valence-corrected chi connectivity index (χ4v) is 4.29. The van der Waals surface area contributed by atoms with Gasteiger partial charge in [0.2, 0.25) is 5.88 Å². The largest absolute Gasteiger partial charge is 0.477 e. The van der Waals surface area contributed by atoms with Gasteiger partial charge >= 0.3 is 0 Å². The van der Waals surface area contributed by atoms with Gasteiger partial charge < -0.3 is 4.74 Å². The molecule has 1 aliphatic carbocycles. The fraction of sp³-hybridized carbons (Fsp3) is 0.619. The Labute approximate surface area is 156 Å². The number of pyridine rings is 1. The van der Waals surface area contributed by atoms with E-state index in [1.54, 1.807) is 6.20 Å². The Bertz CT molecular complexity index is 746. The summed E-state index contributed by atoms with van der Waals surface area (Å²) in [7, 11) is 2.11. The number of piperidine rings is 1. The van der Waals surface area contributed by atoms with Crippen LogP contribution in [0.5, 0.6) is 5.88 Å². The molecule has 140 valence electrons. The molecule has 0 spiro atoms. The average molecular weight is 354 g/mol. The van der Waals surface area contributed by atoms with Crippen LogP contribution in [0.25, 0.3) is 0 Å². The van der Waals surface area contributed by atoms with Gasteiger partial charge in [0.1, 0.15) is 0 Å². The predicted molar refractivity (Wildman–Crippen MR) is 102 cm³/mol. The maximum absolute atomic E-state index is 5.97. The molecule has 1 aliphatic heterocycles. The molecule has 0 aromatic carbocycles. The third kappa shape index (κ3) is 3.78. The molecule has 5 heteroatoms. The smallest absolute Gasteiger partial charge is 0.216 e. The predicted octanol–water partition coefficient (Wildman–Crippen LogP) is 3.29. The van der Waals surface area contributed by atoms with Crippen molar-refractivity contribution in [3.8, 4) is 5.88 Å². The lowest BCUT2D eigenvalue weighted by Crippen LogP contribution is -2.35. The zero-order valence-electron chi connectivity index (χ0n) is 16.1. The van der Waals surface area contributed by atoms with E-state index < -0.39 is 0 Å². The van der Waals surface area contributed by atoms with E-state index in [-0.39, 0.29) is 0 Å². The second kappa shape index (κ2) is 7.78. The first-order valence-electron chi connectivity index (χ1n) is 10.0. The van der Waals surface area contributed by atoms with E-state index in [4.69, 9.17) is 9.84 Å². The van der Waals surface area contributed by atoms with E-state index in [0.717, 1.165) is 44.1 Å². The van der Waals surface area contributed by atoms with Crippen molar-refractivity contribution in [3.05, 3.63) is 40.8 Å². The summed E-state index contributed by atoms with van der Waals surface area (Å²) >= 11 is 0. The summed E-state index contributed by atoms with van der Waals surface area (Å²) in [6, 6.07) is 4.01. The maximum atomic E-state index is 5.97. The molecule has 0 radical (unpaired) electrons. The van der Waals surface area contributed by atoms with Gasteiger partial charge in [-0.15, -0.1) is 0 Å². The quantitative estimate of drug-likeness (QED) is 0.826. The van der Waals surface area contributed by atoms with Gasteiger partial charge in [-0.2, -0.15) is 5.10 Å². The fourth-order valence-electron chi connectivity index (χ4n) is 4.29. The third-order valence-corrected chi connectivity index (χ3v) is 5.95. The number of fused-ring (bicyclic) bond motifs is 1. The summed E-state index contributed by atoms with van der Waals surface area (Å²) in [5.74, 6) is 1.42. The van der Waals surface area contributed by atoms with Gasteiger partial charge in [0.15, 0.2) is 0 Å². The molecule has 0 amide bonds. The van der Waals surface area contributed by atoms with Crippen LogP contribution < -0.4 is 4.74 Å². The van der Waals surface area contributed by atoms with Crippen LogP contribution in [-0.2, 0) is 26.4 Å². The van der Waals surface area contributed by atoms with Gasteiger partial charge in [-0.05, 0) is 76.1 Å². The van der Waals surface area contributed by atoms with E-state index in [1.165, 1.54) is 49.1 Å². The molecule has 3 heterocycles. The highest BCUT2D eigenvalue weighted by molar-refractivity contribution is 5.28. The van der Waals surface area contributed by atoms with Crippen LogP contribution in [0.1, 0.15) is 48.2 Å². The van der Waals surface area contributed by atoms with Crippen LogP contribution >= 0.6 is 0 Å². The highest BCUT2D eigenvalue weighted by Gasteiger charge is 2.24. The van der Waals surface area contributed by atoms with E-state index in [9.17, 15) is 0 Å². The van der Waals surface area contributed by atoms with Crippen LogP contribution in [0, 0.1) is 12.8 Å². The molecular formula is C21H30N4O. The Morgan fingerprint density at radius 2 is 2.00 bits per heavy atom. The summed E-state index contributed by atoms with van der Waals surface area (Å²) in [4.78, 5) is 6.93. The number of rotatable bonds is 5. The number of likely N-dealkylation sites (tertiary alicyclic amines) is 1. The van der Waals surface area contributed by atoms with Gasteiger partial charge in [0.25, 0.3) is 0 Å². The van der Waals surface area contributed by atoms with Gasteiger partial charge in [0, 0.05) is 25.4 Å². The summed E-state index contributed by atoms with van der Waals surface area (Å²) < 4.78 is 8.10. The number of ether oxygens (including phenoxy) is 1. The topological polar surface area (TPSA) is 43.2 Å². The second-order valence-electron chi connectivity index (χ2n) is 7.86. The molecule has 0 bridgehead atoms. The van der Waals surface area contributed by atoms with Gasteiger partial charge in [0.05, 0.1) is 18.0 Å². The van der Waals surface area contributed by atoms with Crippen LogP contribution in [0.15, 0.2) is 18.3 Å². The van der Waals surface area contributed by atoms with Gasteiger partial charge in [-0.3, -0.25) is 9.58 Å². The molecule has 2 aliphatic rings. The van der Waals surface area contributed by atoms with Gasteiger partial charge in [-0.25, -0.2) is 4.98 Å². The van der Waals surface area contributed by atoms with Crippen molar-refractivity contribution in [1.82, 2.24) is 19.7 Å². The second-order valence-corrected chi connectivity index (χ2v) is 7.86. The molecule has 0 atom stereocenters. The number of hydrogen-bond donors (Lipinski definition) is 0. The summed E-state index contributed by atoms with van der Waals surface area (Å²) in [5, 5.41) is 4.77. The molecule has 5 nitrogen and oxygen atoms in total. The Morgan fingerprint density at radius 3 is 2.81 bits per heavy atom. The van der Waals surface area contributed by atoms with Crippen molar-refractivity contribution < 1.29 is 4.74 Å². The molecular weight excluding hydrogens is 324 g/mol. The van der Waals surface area contributed by atoms with Crippen molar-refractivity contribution in [2.24, 2.45) is 13.0 Å². The minimum Gasteiger partial charge on any atom is -0.477 e. The minimum atomic E-state index is 0.633. The van der Waals surface area contributed by atoms with Crippen LogP contribution in [0.4, 0.5) is 0 Å². The van der Waals surface area contributed by atoms with E-state index in [1.807, 2.05) is 6.07 Å². The lowest BCUT2D eigenvalue weighted by atomic mass is 9.94. The van der Waals surface area contributed by atoms with Crippen LogP contribution in [0.2, 0.25) is 0 Å². The lowest BCUT2D eigenvalue weighted by Gasteiger charge is -2.32. The monoisotopic (exact) mass is 354 g/mol. The molecule has 2 aromatic rings. The Morgan fingerprint density at radius 1 is 1.19 bits per heavy atom. The van der Waals surface area contributed by atoms with Crippen molar-refractivity contribution >= 4 is 0 Å². The van der Waals surface area contributed by atoms with Crippen LogP contribution in [-0.4, -0.2) is 39.4 Å². The molecule has 2 aromatic heterocycles. The zero-order valence-corrected chi connectivity index (χ0v) is 16.1. The Kier molecular flexibility index (Phi) is 5.25. The van der Waals surface area contributed by atoms with Gasteiger partial charge in [-0.1, -0.05) is 6.07 Å².